The summed E-state index contributed by atoms with van der Waals surface area (Å²) in [6.07, 6.45) is 1.53. The second kappa shape index (κ2) is 7.26. The standard InChI is InChI=1S/C13H19FN2OS/c1-3-9(2)18-7-6-13(17)16-12-5-4-10(14)8-11(12)15/h4-5,8-9H,3,6-7,15H2,1-2H3,(H,16,17). The highest BCUT2D eigenvalue weighted by atomic mass is 32.2. The first-order valence-electron chi connectivity index (χ1n) is 5.99. The summed E-state index contributed by atoms with van der Waals surface area (Å²) in [6.45, 7) is 4.26. The number of thioether (sulfide) groups is 1. The molecule has 1 atom stereocenters. The minimum Gasteiger partial charge on any atom is -0.397 e. The number of rotatable bonds is 6. The average Bonchev–Trinajstić information content (AvgIpc) is 2.32. The molecule has 0 saturated carbocycles. The summed E-state index contributed by atoms with van der Waals surface area (Å²) in [4.78, 5) is 11.6. The normalized spacial score (nSPS) is 12.2. The SMILES string of the molecule is CCC(C)SCCC(=O)Nc1ccc(F)cc1N. The van der Waals surface area contributed by atoms with Gasteiger partial charge in [-0.15, -0.1) is 0 Å². The minimum atomic E-state index is -0.405. The number of carbonyl (C=O) groups excluding carboxylic acids is 1. The molecule has 1 amide bonds. The molecule has 0 aliphatic heterocycles. The molecule has 3 N–H and O–H groups in total. The molecule has 1 rings (SSSR count). The van der Waals surface area contributed by atoms with E-state index in [1.807, 2.05) is 0 Å². The molecule has 100 valence electrons. The van der Waals surface area contributed by atoms with E-state index >= 15 is 0 Å². The van der Waals surface area contributed by atoms with Crippen LogP contribution < -0.4 is 11.1 Å². The molecule has 0 saturated heterocycles. The Morgan fingerprint density at radius 1 is 1.56 bits per heavy atom. The maximum absolute atomic E-state index is 12.8. The van der Waals surface area contributed by atoms with Gasteiger partial charge in [0.2, 0.25) is 5.91 Å². The zero-order valence-corrected chi connectivity index (χ0v) is 11.5. The van der Waals surface area contributed by atoms with Gasteiger partial charge in [0, 0.05) is 17.4 Å². The monoisotopic (exact) mass is 270 g/mol. The number of carbonyl (C=O) groups is 1. The van der Waals surface area contributed by atoms with Crippen LogP contribution in [0.4, 0.5) is 15.8 Å². The first-order valence-corrected chi connectivity index (χ1v) is 7.04. The third-order valence-corrected chi connectivity index (χ3v) is 3.94. The third kappa shape index (κ3) is 4.96. The summed E-state index contributed by atoms with van der Waals surface area (Å²) < 4.78 is 12.8. The predicted molar refractivity (Wildman–Crippen MR) is 76.3 cm³/mol. The van der Waals surface area contributed by atoms with Gasteiger partial charge in [-0.1, -0.05) is 13.8 Å². The van der Waals surface area contributed by atoms with Crippen molar-refractivity contribution < 1.29 is 9.18 Å². The summed E-state index contributed by atoms with van der Waals surface area (Å²) in [5.74, 6) is 0.281. The van der Waals surface area contributed by atoms with Gasteiger partial charge >= 0.3 is 0 Å². The number of anilines is 2. The molecule has 0 fully saturated rings. The van der Waals surface area contributed by atoms with Gasteiger partial charge in [0.05, 0.1) is 11.4 Å². The van der Waals surface area contributed by atoms with Gasteiger partial charge in [0.1, 0.15) is 5.82 Å². The third-order valence-electron chi connectivity index (χ3n) is 2.59. The van der Waals surface area contributed by atoms with E-state index in [1.54, 1.807) is 11.8 Å². The maximum Gasteiger partial charge on any atom is 0.225 e. The summed E-state index contributed by atoms with van der Waals surface area (Å²) in [5.41, 5.74) is 6.32. The van der Waals surface area contributed by atoms with Crippen LogP contribution in [0.2, 0.25) is 0 Å². The molecule has 0 aliphatic rings. The number of benzene rings is 1. The van der Waals surface area contributed by atoms with Crippen molar-refractivity contribution in [2.24, 2.45) is 0 Å². The van der Waals surface area contributed by atoms with Crippen LogP contribution in [0.5, 0.6) is 0 Å². The molecule has 1 unspecified atom stereocenters. The molecule has 0 aliphatic carbocycles. The first kappa shape index (κ1) is 14.8. The second-order valence-corrected chi connectivity index (χ2v) is 5.67. The van der Waals surface area contributed by atoms with Crippen molar-refractivity contribution in [1.82, 2.24) is 0 Å². The molecule has 0 radical (unpaired) electrons. The van der Waals surface area contributed by atoms with Crippen molar-refractivity contribution in [3.05, 3.63) is 24.0 Å². The first-order chi connectivity index (χ1) is 8.52. The van der Waals surface area contributed by atoms with Crippen molar-refractivity contribution >= 4 is 29.0 Å². The highest BCUT2D eigenvalue weighted by molar-refractivity contribution is 7.99. The van der Waals surface area contributed by atoms with E-state index in [0.29, 0.717) is 17.4 Å². The summed E-state index contributed by atoms with van der Waals surface area (Å²) in [7, 11) is 0. The highest BCUT2D eigenvalue weighted by Gasteiger charge is 2.07. The Bertz CT molecular complexity index is 412. The smallest absolute Gasteiger partial charge is 0.225 e. The van der Waals surface area contributed by atoms with Crippen molar-refractivity contribution in [2.45, 2.75) is 31.9 Å². The van der Waals surface area contributed by atoms with Gasteiger partial charge < -0.3 is 11.1 Å². The topological polar surface area (TPSA) is 55.1 Å². The lowest BCUT2D eigenvalue weighted by atomic mass is 10.2. The summed E-state index contributed by atoms with van der Waals surface area (Å²) in [5, 5.41) is 3.25. The van der Waals surface area contributed by atoms with E-state index in [0.717, 1.165) is 12.2 Å². The molecular weight excluding hydrogens is 251 g/mol. The van der Waals surface area contributed by atoms with E-state index < -0.39 is 5.82 Å². The number of nitrogens with one attached hydrogen (secondary N) is 1. The Hall–Kier alpha value is -1.23. The van der Waals surface area contributed by atoms with Crippen LogP contribution in [-0.4, -0.2) is 16.9 Å². The van der Waals surface area contributed by atoms with E-state index in [-0.39, 0.29) is 11.6 Å². The Morgan fingerprint density at radius 3 is 2.89 bits per heavy atom. The number of hydrogen-bond acceptors (Lipinski definition) is 3. The van der Waals surface area contributed by atoms with Gasteiger partial charge in [-0.2, -0.15) is 11.8 Å². The predicted octanol–water partition coefficient (Wildman–Crippen LogP) is 3.27. The van der Waals surface area contributed by atoms with Crippen LogP contribution in [0.1, 0.15) is 26.7 Å². The van der Waals surface area contributed by atoms with Crippen LogP contribution in [0.15, 0.2) is 18.2 Å². The van der Waals surface area contributed by atoms with Gasteiger partial charge in [-0.25, -0.2) is 4.39 Å². The maximum atomic E-state index is 12.8. The Labute approximate surface area is 111 Å². The molecular formula is C13H19FN2OS. The lowest BCUT2D eigenvalue weighted by molar-refractivity contribution is -0.115. The van der Waals surface area contributed by atoms with Crippen molar-refractivity contribution in [3.8, 4) is 0 Å². The van der Waals surface area contributed by atoms with E-state index in [4.69, 9.17) is 5.73 Å². The number of nitrogen functional groups attached to an aromatic ring is 1. The van der Waals surface area contributed by atoms with Gasteiger partial charge in [0.25, 0.3) is 0 Å². The molecule has 3 nitrogen and oxygen atoms in total. The number of halogens is 1. The van der Waals surface area contributed by atoms with E-state index in [2.05, 4.69) is 19.2 Å². The zero-order valence-electron chi connectivity index (χ0n) is 10.7. The quantitative estimate of drug-likeness (QED) is 0.780. The number of hydrogen-bond donors (Lipinski definition) is 2. The minimum absolute atomic E-state index is 0.0934. The van der Waals surface area contributed by atoms with Crippen LogP contribution in [0.3, 0.4) is 0 Å². The lowest BCUT2D eigenvalue weighted by Gasteiger charge is -2.10. The summed E-state index contributed by atoms with van der Waals surface area (Å²) in [6, 6.07) is 3.95. The van der Waals surface area contributed by atoms with Crippen molar-refractivity contribution in [2.75, 3.05) is 16.8 Å². The van der Waals surface area contributed by atoms with E-state index in [1.165, 1.54) is 18.2 Å². The average molecular weight is 270 g/mol. The molecule has 5 heteroatoms. The largest absolute Gasteiger partial charge is 0.397 e. The van der Waals surface area contributed by atoms with Crippen LogP contribution in [-0.2, 0) is 4.79 Å². The fourth-order valence-corrected chi connectivity index (χ4v) is 2.27. The van der Waals surface area contributed by atoms with Gasteiger partial charge in [-0.3, -0.25) is 4.79 Å². The molecule has 1 aromatic carbocycles. The molecule has 0 aromatic heterocycles. The highest BCUT2D eigenvalue weighted by Crippen LogP contribution is 2.20. The molecule has 1 aromatic rings. The molecule has 0 spiro atoms. The Balaban J connectivity index is 2.40. The Kier molecular flexibility index (Phi) is 5.98. The van der Waals surface area contributed by atoms with Crippen LogP contribution in [0, 0.1) is 5.82 Å². The molecule has 0 heterocycles. The van der Waals surface area contributed by atoms with Gasteiger partial charge in [-0.05, 0) is 24.6 Å². The summed E-state index contributed by atoms with van der Waals surface area (Å²) >= 11 is 1.77. The van der Waals surface area contributed by atoms with E-state index in [9.17, 15) is 9.18 Å². The van der Waals surface area contributed by atoms with Crippen LogP contribution >= 0.6 is 11.8 Å². The zero-order chi connectivity index (χ0) is 13.5. The molecule has 18 heavy (non-hydrogen) atoms. The number of nitrogens with two attached hydrogens (primary N) is 1. The van der Waals surface area contributed by atoms with Crippen LogP contribution in [0.25, 0.3) is 0 Å². The fourth-order valence-electron chi connectivity index (χ4n) is 1.33. The van der Waals surface area contributed by atoms with Crippen molar-refractivity contribution in [3.63, 3.8) is 0 Å². The van der Waals surface area contributed by atoms with Gasteiger partial charge in [0.15, 0.2) is 0 Å². The lowest BCUT2D eigenvalue weighted by Crippen LogP contribution is -2.14. The molecule has 0 bridgehead atoms. The fraction of sp³-hybridized carbons (Fsp3) is 0.462. The Morgan fingerprint density at radius 2 is 2.28 bits per heavy atom. The van der Waals surface area contributed by atoms with Crippen molar-refractivity contribution in [1.29, 1.82) is 0 Å². The number of amides is 1. The second-order valence-electron chi connectivity index (χ2n) is 4.12.